The van der Waals surface area contributed by atoms with E-state index in [1.54, 1.807) is 7.11 Å². The van der Waals surface area contributed by atoms with Gasteiger partial charge in [-0.25, -0.2) is 0 Å². The van der Waals surface area contributed by atoms with Crippen LogP contribution in [-0.2, 0) is 45.7 Å². The fourth-order valence-electron chi connectivity index (χ4n) is 2.47. The standard InChI is InChI=1S/C12H14N2O.C8H6F3I2N.Pt/c1-13-7-8-14(10-13)9-11-3-5-12(15-2)6-4-11;9-8(10,11)7-3-1-6(2-4-7)5-14(12)13;/h3-8H,9H2,1-2H3;1-4H,5H2;. The van der Waals surface area contributed by atoms with E-state index in [2.05, 4.69) is 98.7 Å². The fourth-order valence-corrected chi connectivity index (χ4v) is 3.78. The average Bonchev–Trinajstić information content (AvgIpc) is 3.00. The normalized spacial score (nSPS) is 11.3. The van der Waals surface area contributed by atoms with E-state index in [0.717, 1.165) is 30.0 Å². The van der Waals surface area contributed by atoms with Gasteiger partial charge in [0.05, 0.1) is 5.56 Å². The summed E-state index contributed by atoms with van der Waals surface area (Å²) >= 11 is 6.46. The van der Waals surface area contributed by atoms with E-state index in [1.165, 1.54) is 21.5 Å². The van der Waals surface area contributed by atoms with Crippen LogP contribution < -0.4 is 4.74 Å². The molecule has 0 aliphatic heterocycles. The minimum atomic E-state index is -4.24. The first-order valence-electron chi connectivity index (χ1n) is 8.65. The number of ether oxygens (including phenoxy) is 1. The summed E-state index contributed by atoms with van der Waals surface area (Å²) in [5, 5.41) is 0. The second kappa shape index (κ2) is 11.8. The molecule has 0 spiro atoms. The molecule has 3 rings (SSSR count). The molecule has 0 bridgehead atoms. The van der Waals surface area contributed by atoms with Gasteiger partial charge in [0, 0.05) is 52.3 Å². The molecule has 0 unspecified atom stereocenters. The van der Waals surface area contributed by atoms with Crippen molar-refractivity contribution in [2.45, 2.75) is 19.3 Å². The van der Waals surface area contributed by atoms with Crippen LogP contribution in [0.4, 0.5) is 13.2 Å². The van der Waals surface area contributed by atoms with Crippen LogP contribution in [0.3, 0.4) is 0 Å². The first-order valence-corrected chi connectivity index (χ1v) is 11.7. The van der Waals surface area contributed by atoms with Gasteiger partial charge in [0.1, 0.15) is 0 Å². The maximum Gasteiger partial charge on any atom is 0.416 e. The Morgan fingerprint density at radius 2 is 1.53 bits per heavy atom. The molecular formula is C20H20F3I2N3OPt. The predicted octanol–water partition coefficient (Wildman–Crippen LogP) is 6.17. The largest absolute Gasteiger partial charge is 0.416 e. The molecule has 3 aromatic rings. The Kier molecular flexibility index (Phi) is 10.1. The van der Waals surface area contributed by atoms with Crippen molar-refractivity contribution in [1.82, 2.24) is 10.5 Å². The Morgan fingerprint density at radius 3 is 1.97 bits per heavy atom. The van der Waals surface area contributed by atoms with E-state index in [4.69, 9.17) is 4.74 Å². The molecule has 0 saturated heterocycles. The maximum atomic E-state index is 12.2. The van der Waals surface area contributed by atoms with Gasteiger partial charge >= 0.3 is 112 Å². The summed E-state index contributed by atoms with van der Waals surface area (Å²) in [6, 6.07) is 13.4. The third-order valence-corrected chi connectivity index (χ3v) is 6.19. The molecule has 0 N–H and O–H groups in total. The second-order valence-corrected chi connectivity index (χ2v) is 11.5. The molecular weight excluding hydrogens is 804 g/mol. The summed E-state index contributed by atoms with van der Waals surface area (Å²) in [6.45, 7) is 1.52. The van der Waals surface area contributed by atoms with Crippen LogP contribution in [-0.4, -0.2) is 17.6 Å². The van der Waals surface area contributed by atoms with Gasteiger partial charge in [0.15, 0.2) is 0 Å². The Labute approximate surface area is 212 Å². The van der Waals surface area contributed by atoms with Crippen LogP contribution in [0, 0.1) is 3.80 Å². The Morgan fingerprint density at radius 1 is 0.967 bits per heavy atom. The summed E-state index contributed by atoms with van der Waals surface area (Å²) in [5.41, 5.74) is 1.53. The van der Waals surface area contributed by atoms with Crippen LogP contribution in [0.2, 0.25) is 0 Å². The van der Waals surface area contributed by atoms with Gasteiger partial charge in [0.25, 0.3) is 0 Å². The molecule has 0 saturated carbocycles. The zero-order valence-corrected chi connectivity index (χ0v) is 22.7. The van der Waals surface area contributed by atoms with E-state index < -0.39 is 11.7 Å². The third-order valence-electron chi connectivity index (χ3n) is 4.05. The van der Waals surface area contributed by atoms with Crippen LogP contribution in [0.5, 0.6) is 5.75 Å². The minimum absolute atomic E-state index is 0.602. The maximum absolute atomic E-state index is 12.2. The third kappa shape index (κ3) is 8.12. The smallest absolute Gasteiger partial charge is 0.184 e. The first kappa shape index (κ1) is 25.6. The number of nitrogens with zero attached hydrogens (tertiary/aromatic N) is 3. The number of methoxy groups -OCH3 is 1. The zero-order valence-electron chi connectivity index (χ0n) is 16.1. The van der Waals surface area contributed by atoms with Crippen LogP contribution >= 0.6 is 45.7 Å². The monoisotopic (exact) mass is 824 g/mol. The molecule has 0 fully saturated rings. The van der Waals surface area contributed by atoms with Crippen molar-refractivity contribution >= 4 is 45.7 Å². The molecule has 0 aliphatic rings. The number of hydrogen-bond acceptors (Lipinski definition) is 2. The van der Waals surface area contributed by atoms with Gasteiger partial charge in [-0.2, -0.15) is 14.5 Å². The molecule has 2 aromatic carbocycles. The van der Waals surface area contributed by atoms with E-state index in [-0.39, 0.29) is 0 Å². The van der Waals surface area contributed by atoms with Gasteiger partial charge < -0.3 is 0 Å². The van der Waals surface area contributed by atoms with Crippen molar-refractivity contribution in [3.63, 3.8) is 0 Å². The van der Waals surface area contributed by atoms with Crippen molar-refractivity contribution in [3.05, 3.63) is 81.4 Å². The minimum Gasteiger partial charge on any atom is -0.184 e. The predicted molar refractivity (Wildman–Crippen MR) is 124 cm³/mol. The van der Waals surface area contributed by atoms with E-state index in [0.29, 0.717) is 6.54 Å². The van der Waals surface area contributed by atoms with Gasteiger partial charge in [0.2, 0.25) is 0 Å². The molecule has 10 heteroatoms. The number of rotatable bonds is 5. The molecule has 30 heavy (non-hydrogen) atoms. The summed E-state index contributed by atoms with van der Waals surface area (Å²) < 4.78 is 49.0. The Bertz CT molecular complexity index is 984. The van der Waals surface area contributed by atoms with E-state index in [1.807, 2.05) is 20.5 Å². The molecule has 1 heterocycles. The Balaban J connectivity index is 0.000000216. The molecule has 4 nitrogen and oxygen atoms in total. The molecule has 0 aliphatic carbocycles. The number of halogens is 5. The average molecular weight is 824 g/mol. The molecule has 0 amide bonds. The number of benzene rings is 2. The first-order chi connectivity index (χ1) is 14.1. The quantitative estimate of drug-likeness (QED) is 0.227. The van der Waals surface area contributed by atoms with E-state index in [9.17, 15) is 13.2 Å². The SMILES string of the molecule is COc1ccc(Cn2ccn(C)[c]2=[Pt])cc1.FC(F)(F)c1ccc(CN(I)I)cc1. The van der Waals surface area contributed by atoms with Crippen LogP contribution in [0.25, 0.3) is 0 Å². The van der Waals surface area contributed by atoms with Crippen molar-refractivity contribution < 1.29 is 37.3 Å². The molecule has 166 valence electrons. The summed E-state index contributed by atoms with van der Waals surface area (Å²) in [7, 11) is 3.73. The number of alkyl halides is 3. The molecule has 0 radical (unpaired) electrons. The van der Waals surface area contributed by atoms with Gasteiger partial charge in [-0.15, -0.1) is 0 Å². The summed E-state index contributed by atoms with van der Waals surface area (Å²) in [6.07, 6.45) is -0.0920. The van der Waals surface area contributed by atoms with Gasteiger partial charge in [-0.3, -0.25) is 0 Å². The van der Waals surface area contributed by atoms with Gasteiger partial charge in [-0.05, 0) is 17.7 Å². The molecule has 0 atom stereocenters. The Hall–Kier alpha value is -0.652. The number of hydrogen-bond donors (Lipinski definition) is 0. The van der Waals surface area contributed by atoms with Crippen molar-refractivity contribution in [3.8, 4) is 5.75 Å². The number of imidazole rings is 1. The van der Waals surface area contributed by atoms with Gasteiger partial charge in [-0.1, -0.05) is 12.1 Å². The number of aromatic nitrogens is 2. The zero-order chi connectivity index (χ0) is 22.3. The fraction of sp³-hybridized carbons (Fsp3) is 0.250. The topological polar surface area (TPSA) is 22.3 Å². The molecule has 1 aromatic heterocycles. The van der Waals surface area contributed by atoms with Crippen LogP contribution in [0.15, 0.2) is 60.9 Å². The number of aryl methyl sites for hydroxylation is 1. The van der Waals surface area contributed by atoms with Crippen molar-refractivity contribution in [1.29, 1.82) is 0 Å². The van der Waals surface area contributed by atoms with Crippen molar-refractivity contribution in [2.24, 2.45) is 7.05 Å². The van der Waals surface area contributed by atoms with Crippen LogP contribution in [0.1, 0.15) is 16.7 Å². The van der Waals surface area contributed by atoms with E-state index >= 15 is 0 Å². The second-order valence-electron chi connectivity index (χ2n) is 6.28. The summed E-state index contributed by atoms with van der Waals surface area (Å²) in [4.78, 5) is 0. The van der Waals surface area contributed by atoms with Crippen molar-refractivity contribution in [2.75, 3.05) is 7.11 Å². The summed E-state index contributed by atoms with van der Waals surface area (Å²) in [5.74, 6) is 0.900.